The van der Waals surface area contributed by atoms with Gasteiger partial charge in [0.05, 0.1) is 18.8 Å². The van der Waals surface area contributed by atoms with Crippen molar-refractivity contribution in [1.29, 1.82) is 0 Å². The molecule has 6 heteroatoms. The summed E-state index contributed by atoms with van der Waals surface area (Å²) < 4.78 is 11.4. The molecule has 188 valence electrons. The molecule has 0 spiro atoms. The summed E-state index contributed by atoms with van der Waals surface area (Å²) in [6.07, 6.45) is 6.28. The molecule has 2 atom stereocenters. The molecule has 2 N–H and O–H groups in total. The number of phenols is 1. The highest BCUT2D eigenvalue weighted by atomic mass is 16.5. The third-order valence-electron chi connectivity index (χ3n) is 6.45. The highest BCUT2D eigenvalue weighted by Crippen LogP contribution is 2.36. The Morgan fingerprint density at radius 1 is 1.29 bits per heavy atom. The quantitative estimate of drug-likeness (QED) is 0.341. The Morgan fingerprint density at radius 2 is 1.97 bits per heavy atom. The van der Waals surface area contributed by atoms with Gasteiger partial charge in [0.1, 0.15) is 17.1 Å². The minimum absolute atomic E-state index is 0.0247. The Bertz CT molecular complexity index is 966. The summed E-state index contributed by atoms with van der Waals surface area (Å²) in [7, 11) is 1.61. The zero-order valence-electron chi connectivity index (χ0n) is 21.7. The lowest BCUT2D eigenvalue weighted by Crippen LogP contribution is -2.38. The molecule has 0 bridgehead atoms. The van der Waals surface area contributed by atoms with E-state index in [9.17, 15) is 19.8 Å². The van der Waals surface area contributed by atoms with Gasteiger partial charge < -0.3 is 19.7 Å². The Hall–Kier alpha value is -2.44. The number of carbonyl (C=O) groups excluding carboxylic acids is 2. The van der Waals surface area contributed by atoms with Crippen molar-refractivity contribution >= 4 is 11.6 Å². The maximum Gasteiger partial charge on any atom is 0.167 e. The smallest absolute Gasteiger partial charge is 0.167 e. The molecule has 1 aromatic rings. The summed E-state index contributed by atoms with van der Waals surface area (Å²) in [6, 6.07) is 3.35. The molecule has 2 rings (SSSR count). The topological polar surface area (TPSA) is 93.1 Å². The van der Waals surface area contributed by atoms with Crippen molar-refractivity contribution in [2.24, 2.45) is 0 Å². The van der Waals surface area contributed by atoms with Crippen LogP contribution in [0.1, 0.15) is 77.8 Å². The van der Waals surface area contributed by atoms with Crippen molar-refractivity contribution in [3.8, 4) is 11.5 Å². The molecule has 0 amide bonds. The van der Waals surface area contributed by atoms with Crippen LogP contribution in [0.3, 0.4) is 0 Å². The van der Waals surface area contributed by atoms with Crippen LogP contribution in [0.25, 0.3) is 0 Å². The molecule has 6 nitrogen and oxygen atoms in total. The van der Waals surface area contributed by atoms with Gasteiger partial charge in [-0.1, -0.05) is 17.2 Å². The zero-order chi connectivity index (χ0) is 25.7. The van der Waals surface area contributed by atoms with Gasteiger partial charge in [0.25, 0.3) is 0 Å². The Labute approximate surface area is 203 Å². The first-order valence-corrected chi connectivity index (χ1v) is 11.9. The average Bonchev–Trinajstić information content (AvgIpc) is 3.01. The number of rotatable bonds is 11. The van der Waals surface area contributed by atoms with Crippen LogP contribution < -0.4 is 4.74 Å². The number of hydrogen-bond donors (Lipinski definition) is 2. The minimum atomic E-state index is -1.05. The number of aromatic hydroxyl groups is 1. The normalized spacial score (nSPS) is 21.8. The van der Waals surface area contributed by atoms with Gasteiger partial charge in [-0.2, -0.15) is 0 Å². The first kappa shape index (κ1) is 27.8. The van der Waals surface area contributed by atoms with E-state index in [0.717, 1.165) is 34.4 Å². The first-order valence-electron chi connectivity index (χ1n) is 11.9. The van der Waals surface area contributed by atoms with Crippen molar-refractivity contribution in [2.45, 2.75) is 97.4 Å². The number of hydrogen-bond acceptors (Lipinski definition) is 6. The van der Waals surface area contributed by atoms with E-state index < -0.39 is 17.3 Å². The lowest BCUT2D eigenvalue weighted by molar-refractivity contribution is -0.141. The van der Waals surface area contributed by atoms with Gasteiger partial charge in [-0.25, -0.2) is 0 Å². The van der Waals surface area contributed by atoms with Crippen LogP contribution in [-0.4, -0.2) is 46.2 Å². The monoisotopic (exact) mass is 472 g/mol. The Morgan fingerprint density at radius 3 is 2.56 bits per heavy atom. The first-order chi connectivity index (χ1) is 15.7. The highest BCUT2D eigenvalue weighted by Gasteiger charge is 2.48. The summed E-state index contributed by atoms with van der Waals surface area (Å²) in [5.41, 5.74) is 1.74. The standard InChI is InChI=1S/C28H40O6/c1-18(9-8-12-28(6)24(31)17-25(34-28)27(4,5)32)13-22(29)14-19(2)10-11-21-16-23(30)15-20(3)26(21)33-7/h10,13,15-16,25,30,32H,8-9,11-12,14,17H2,1-7H3/b18-13+,19-10+/t25-,28-/m1/s1. The van der Waals surface area contributed by atoms with Gasteiger partial charge in [0.15, 0.2) is 11.6 Å². The molecule has 1 saturated heterocycles. The van der Waals surface area contributed by atoms with Gasteiger partial charge in [0, 0.05) is 18.4 Å². The van der Waals surface area contributed by atoms with Crippen molar-refractivity contribution in [1.82, 2.24) is 0 Å². The van der Waals surface area contributed by atoms with Crippen molar-refractivity contribution < 1.29 is 29.3 Å². The summed E-state index contributed by atoms with van der Waals surface area (Å²) in [6.45, 7) is 10.8. The molecule has 0 unspecified atom stereocenters. The van der Waals surface area contributed by atoms with Gasteiger partial charge >= 0.3 is 0 Å². The highest BCUT2D eigenvalue weighted by molar-refractivity contribution is 5.92. The van der Waals surface area contributed by atoms with E-state index in [-0.39, 0.29) is 23.7 Å². The molecule has 0 aromatic heterocycles. The maximum absolute atomic E-state index is 12.5. The van der Waals surface area contributed by atoms with Crippen LogP contribution in [0.5, 0.6) is 11.5 Å². The Balaban J connectivity index is 1.87. The molecule has 1 heterocycles. The average molecular weight is 473 g/mol. The van der Waals surface area contributed by atoms with Gasteiger partial charge in [-0.15, -0.1) is 0 Å². The number of ether oxygens (including phenoxy) is 2. The second-order valence-electron chi connectivity index (χ2n) is 10.3. The van der Waals surface area contributed by atoms with E-state index in [1.807, 2.05) is 26.8 Å². The van der Waals surface area contributed by atoms with Crippen LogP contribution in [-0.2, 0) is 20.7 Å². The van der Waals surface area contributed by atoms with Crippen LogP contribution in [0.15, 0.2) is 35.4 Å². The number of Topliss-reactive ketones (excluding diaryl/α,β-unsaturated/α-hetero) is 1. The van der Waals surface area contributed by atoms with Gasteiger partial charge in [-0.3, -0.25) is 9.59 Å². The third-order valence-corrected chi connectivity index (χ3v) is 6.45. The summed E-state index contributed by atoms with van der Waals surface area (Å²) >= 11 is 0. The lowest BCUT2D eigenvalue weighted by atomic mass is 9.91. The molecule has 1 fully saturated rings. The summed E-state index contributed by atoms with van der Waals surface area (Å²) in [4.78, 5) is 24.9. The molecule has 0 aliphatic carbocycles. The number of allylic oxidation sites excluding steroid dienone is 4. The van der Waals surface area contributed by atoms with Crippen LogP contribution in [0.2, 0.25) is 0 Å². The third kappa shape index (κ3) is 7.54. The van der Waals surface area contributed by atoms with Crippen LogP contribution >= 0.6 is 0 Å². The fraction of sp³-hybridized carbons (Fsp3) is 0.571. The number of ketones is 2. The fourth-order valence-corrected chi connectivity index (χ4v) is 4.40. The number of methoxy groups -OCH3 is 1. The summed E-state index contributed by atoms with van der Waals surface area (Å²) in [5, 5.41) is 20.0. The van der Waals surface area contributed by atoms with E-state index in [2.05, 4.69) is 0 Å². The SMILES string of the molecule is COc1c(C)cc(O)cc1C/C=C(\C)CC(=O)/C=C(\C)CCC[C@@]1(C)O[C@@H](C(C)(C)O)CC1=O. The van der Waals surface area contributed by atoms with Gasteiger partial charge in [-0.05, 0) is 91.0 Å². The molecule has 1 aliphatic heterocycles. The maximum atomic E-state index is 12.5. The zero-order valence-corrected chi connectivity index (χ0v) is 21.7. The molecule has 1 aromatic carbocycles. The molecule has 0 radical (unpaired) electrons. The van der Waals surface area contributed by atoms with Crippen molar-refractivity contribution in [2.75, 3.05) is 7.11 Å². The predicted molar refractivity (Wildman–Crippen MR) is 133 cm³/mol. The van der Waals surface area contributed by atoms with Crippen LogP contribution in [0, 0.1) is 6.92 Å². The molecular weight excluding hydrogens is 432 g/mol. The van der Waals surface area contributed by atoms with E-state index in [1.165, 1.54) is 0 Å². The van der Waals surface area contributed by atoms with Crippen molar-refractivity contribution in [3.63, 3.8) is 0 Å². The van der Waals surface area contributed by atoms with E-state index >= 15 is 0 Å². The van der Waals surface area contributed by atoms with E-state index in [0.29, 0.717) is 25.7 Å². The largest absolute Gasteiger partial charge is 0.508 e. The molecule has 0 saturated carbocycles. The second kappa shape index (κ2) is 11.3. The number of phenolic OH excluding ortho intramolecular Hbond substituents is 1. The minimum Gasteiger partial charge on any atom is -0.508 e. The Kier molecular flexibility index (Phi) is 9.26. The van der Waals surface area contributed by atoms with Crippen molar-refractivity contribution in [3.05, 3.63) is 46.6 Å². The second-order valence-corrected chi connectivity index (χ2v) is 10.3. The van der Waals surface area contributed by atoms with Crippen LogP contribution in [0.4, 0.5) is 0 Å². The molecule has 34 heavy (non-hydrogen) atoms. The lowest BCUT2D eigenvalue weighted by Gasteiger charge is -2.28. The van der Waals surface area contributed by atoms with E-state index in [1.54, 1.807) is 46.1 Å². The molecule has 1 aliphatic rings. The van der Waals surface area contributed by atoms with Gasteiger partial charge in [0.2, 0.25) is 0 Å². The summed E-state index contributed by atoms with van der Waals surface area (Å²) in [5.74, 6) is 1.00. The number of aryl methyl sites for hydroxylation is 1. The number of aliphatic hydroxyl groups is 1. The number of carbonyl (C=O) groups is 2. The number of benzene rings is 1. The fourth-order valence-electron chi connectivity index (χ4n) is 4.40. The molecular formula is C28H40O6. The van der Waals surface area contributed by atoms with E-state index in [4.69, 9.17) is 9.47 Å². The predicted octanol–water partition coefficient (Wildman–Crippen LogP) is 5.16.